The molecule has 1 aromatic heterocycles. The van der Waals surface area contributed by atoms with Crippen LogP contribution in [0, 0.1) is 0 Å². The Balaban J connectivity index is 2.31. The smallest absolute Gasteiger partial charge is 0.224 e. The average molecular weight is 347 g/mol. The van der Waals surface area contributed by atoms with Crippen LogP contribution in [0.25, 0.3) is 0 Å². The van der Waals surface area contributed by atoms with Crippen LogP contribution in [0.1, 0.15) is 0 Å². The van der Waals surface area contributed by atoms with Crippen molar-refractivity contribution < 1.29 is 0 Å². The molecule has 0 saturated carbocycles. The zero-order valence-electron chi connectivity index (χ0n) is 8.14. The van der Waals surface area contributed by atoms with Gasteiger partial charge < -0.3 is 5.73 Å². The second-order valence-corrected chi connectivity index (χ2v) is 4.36. The Hall–Kier alpha value is -1.08. The van der Waals surface area contributed by atoms with Crippen molar-refractivity contribution in [3.05, 3.63) is 41.8 Å². The Kier molecular flexibility index (Phi) is 3.45. The van der Waals surface area contributed by atoms with Crippen LogP contribution in [-0.2, 0) is 0 Å². The molecule has 16 heavy (non-hydrogen) atoms. The first kappa shape index (κ1) is 11.4. The van der Waals surface area contributed by atoms with E-state index in [1.807, 2.05) is 27.4 Å². The standard InChI is InChI=1S/C10H8ClIN4/c11-10-14-6-5-9(15-10)16(12)8-3-1-7(13)2-4-8/h1-6H,13H2. The minimum atomic E-state index is 0.231. The molecule has 0 saturated heterocycles. The Labute approximate surface area is 112 Å². The van der Waals surface area contributed by atoms with Gasteiger partial charge in [-0.25, -0.2) is 4.98 Å². The molecule has 2 rings (SSSR count). The van der Waals surface area contributed by atoms with Gasteiger partial charge in [-0.1, -0.05) is 0 Å². The molecule has 0 fully saturated rings. The second-order valence-electron chi connectivity index (χ2n) is 3.06. The summed E-state index contributed by atoms with van der Waals surface area (Å²) in [6, 6.07) is 9.29. The van der Waals surface area contributed by atoms with Gasteiger partial charge in [0, 0.05) is 18.0 Å². The fraction of sp³-hybridized carbons (Fsp3) is 0. The van der Waals surface area contributed by atoms with E-state index in [0.29, 0.717) is 0 Å². The number of rotatable bonds is 2. The van der Waals surface area contributed by atoms with Crippen molar-refractivity contribution in [2.24, 2.45) is 0 Å². The van der Waals surface area contributed by atoms with Gasteiger partial charge in [0.05, 0.1) is 28.6 Å². The summed E-state index contributed by atoms with van der Waals surface area (Å²) < 4.78 is 1.88. The SMILES string of the molecule is Nc1ccc(N(I)c2ccnc(Cl)n2)cc1. The number of nitrogens with two attached hydrogens (primary N) is 1. The molecule has 2 aromatic rings. The molecular formula is C10H8ClIN4. The quantitative estimate of drug-likeness (QED) is 0.393. The van der Waals surface area contributed by atoms with Gasteiger partial charge >= 0.3 is 0 Å². The van der Waals surface area contributed by atoms with Gasteiger partial charge in [0.15, 0.2) is 0 Å². The van der Waals surface area contributed by atoms with Crippen LogP contribution in [0.15, 0.2) is 36.5 Å². The van der Waals surface area contributed by atoms with E-state index < -0.39 is 0 Å². The highest BCUT2D eigenvalue weighted by molar-refractivity contribution is 14.1. The number of halogens is 2. The predicted octanol–water partition coefficient (Wildman–Crippen LogP) is 3.20. The van der Waals surface area contributed by atoms with Gasteiger partial charge in [-0.05, 0) is 35.9 Å². The van der Waals surface area contributed by atoms with Gasteiger partial charge in [-0.15, -0.1) is 0 Å². The van der Waals surface area contributed by atoms with Crippen LogP contribution in [0.3, 0.4) is 0 Å². The normalized spacial score (nSPS) is 10.1. The first-order valence-electron chi connectivity index (χ1n) is 4.47. The molecule has 0 atom stereocenters. The molecule has 0 radical (unpaired) electrons. The van der Waals surface area contributed by atoms with Gasteiger partial charge in [-0.3, -0.25) is 3.11 Å². The second kappa shape index (κ2) is 4.84. The number of nitrogens with zero attached hydrogens (tertiary/aromatic N) is 3. The lowest BCUT2D eigenvalue weighted by Gasteiger charge is -2.15. The highest BCUT2D eigenvalue weighted by atomic mass is 127. The molecule has 0 amide bonds. The maximum absolute atomic E-state index is 5.73. The van der Waals surface area contributed by atoms with E-state index in [-0.39, 0.29) is 5.28 Å². The van der Waals surface area contributed by atoms with Crippen molar-refractivity contribution in [2.45, 2.75) is 0 Å². The van der Waals surface area contributed by atoms with Crippen LogP contribution < -0.4 is 8.85 Å². The van der Waals surface area contributed by atoms with Crippen LogP contribution >= 0.6 is 34.5 Å². The Morgan fingerprint density at radius 3 is 2.50 bits per heavy atom. The molecule has 6 heteroatoms. The van der Waals surface area contributed by atoms with Gasteiger partial charge in [0.25, 0.3) is 0 Å². The maximum Gasteiger partial charge on any atom is 0.224 e. The molecule has 1 heterocycles. The molecule has 2 N–H and O–H groups in total. The van der Waals surface area contributed by atoms with Gasteiger partial charge in [-0.2, -0.15) is 4.98 Å². The third-order valence-electron chi connectivity index (χ3n) is 1.93. The first-order chi connectivity index (χ1) is 7.66. The third kappa shape index (κ3) is 2.53. The number of nitrogen functional groups attached to an aromatic ring is 1. The summed E-state index contributed by atoms with van der Waals surface area (Å²) in [7, 11) is 0. The Morgan fingerprint density at radius 1 is 1.19 bits per heavy atom. The lowest BCUT2D eigenvalue weighted by atomic mass is 10.3. The molecule has 0 spiro atoms. The molecule has 0 aliphatic carbocycles. The number of hydrogen-bond acceptors (Lipinski definition) is 4. The number of anilines is 3. The molecule has 0 aliphatic rings. The fourth-order valence-corrected chi connectivity index (χ4v) is 1.91. The van der Waals surface area contributed by atoms with E-state index in [0.717, 1.165) is 17.2 Å². The van der Waals surface area contributed by atoms with Crippen molar-refractivity contribution in [3.63, 3.8) is 0 Å². The molecule has 0 unspecified atom stereocenters. The van der Waals surface area contributed by atoms with Crippen LogP contribution in [0.2, 0.25) is 5.28 Å². The van der Waals surface area contributed by atoms with E-state index in [9.17, 15) is 0 Å². The maximum atomic E-state index is 5.73. The topological polar surface area (TPSA) is 55.0 Å². The van der Waals surface area contributed by atoms with Gasteiger partial charge in [0.1, 0.15) is 5.82 Å². The minimum Gasteiger partial charge on any atom is -0.399 e. The summed E-state index contributed by atoms with van der Waals surface area (Å²) in [6.45, 7) is 0. The summed E-state index contributed by atoms with van der Waals surface area (Å²) >= 11 is 7.87. The van der Waals surface area contributed by atoms with E-state index in [2.05, 4.69) is 32.8 Å². The fourth-order valence-electron chi connectivity index (χ4n) is 1.17. The van der Waals surface area contributed by atoms with Crippen LogP contribution in [0.5, 0.6) is 0 Å². The first-order valence-corrected chi connectivity index (χ1v) is 5.81. The minimum absolute atomic E-state index is 0.231. The lowest BCUT2D eigenvalue weighted by molar-refractivity contribution is 1.15. The molecule has 0 bridgehead atoms. The molecule has 4 nitrogen and oxygen atoms in total. The van der Waals surface area contributed by atoms with Crippen molar-refractivity contribution in [1.29, 1.82) is 0 Å². The summed E-state index contributed by atoms with van der Waals surface area (Å²) in [4.78, 5) is 7.95. The average Bonchev–Trinajstić information content (AvgIpc) is 2.29. The van der Waals surface area contributed by atoms with E-state index in [1.165, 1.54) is 0 Å². The number of benzene rings is 1. The third-order valence-corrected chi connectivity index (χ3v) is 3.17. The zero-order chi connectivity index (χ0) is 11.5. The summed E-state index contributed by atoms with van der Waals surface area (Å²) in [5.41, 5.74) is 7.33. The Bertz CT molecular complexity index is 488. The van der Waals surface area contributed by atoms with Crippen molar-refractivity contribution in [3.8, 4) is 0 Å². The molecule has 82 valence electrons. The van der Waals surface area contributed by atoms with Crippen molar-refractivity contribution in [1.82, 2.24) is 9.97 Å². The van der Waals surface area contributed by atoms with Crippen LogP contribution in [-0.4, -0.2) is 9.97 Å². The predicted molar refractivity (Wildman–Crippen MR) is 74.1 cm³/mol. The number of aromatic nitrogens is 2. The highest BCUT2D eigenvalue weighted by Gasteiger charge is 2.07. The lowest BCUT2D eigenvalue weighted by Crippen LogP contribution is -2.03. The summed E-state index contributed by atoms with van der Waals surface area (Å²) in [5.74, 6) is 0.727. The van der Waals surface area contributed by atoms with Gasteiger partial charge in [0.2, 0.25) is 5.28 Å². The van der Waals surface area contributed by atoms with E-state index in [1.54, 1.807) is 12.3 Å². The van der Waals surface area contributed by atoms with Crippen molar-refractivity contribution in [2.75, 3.05) is 8.85 Å². The molecule has 1 aromatic carbocycles. The molecular weight excluding hydrogens is 338 g/mol. The summed E-state index contributed by atoms with van der Waals surface area (Å²) in [6.07, 6.45) is 1.62. The monoisotopic (exact) mass is 346 g/mol. The largest absolute Gasteiger partial charge is 0.399 e. The van der Waals surface area contributed by atoms with E-state index in [4.69, 9.17) is 17.3 Å². The van der Waals surface area contributed by atoms with E-state index >= 15 is 0 Å². The molecule has 0 aliphatic heterocycles. The highest BCUT2D eigenvalue weighted by Crippen LogP contribution is 2.28. The Morgan fingerprint density at radius 2 is 1.88 bits per heavy atom. The van der Waals surface area contributed by atoms with Crippen LogP contribution in [0.4, 0.5) is 17.2 Å². The zero-order valence-corrected chi connectivity index (χ0v) is 11.1. The number of hydrogen-bond donors (Lipinski definition) is 1. The van der Waals surface area contributed by atoms with Crippen molar-refractivity contribution >= 4 is 51.7 Å². The summed E-state index contributed by atoms with van der Waals surface area (Å²) in [5, 5.41) is 0.231.